The summed E-state index contributed by atoms with van der Waals surface area (Å²) in [6, 6.07) is 0.666. The second kappa shape index (κ2) is 4.67. The molecule has 76 valence electrons. The molecule has 0 aromatic carbocycles. The first-order chi connectivity index (χ1) is 6.09. The molecule has 0 saturated heterocycles. The van der Waals surface area contributed by atoms with Crippen molar-refractivity contribution < 1.29 is 4.39 Å². The Hall–Kier alpha value is -0.480. The first kappa shape index (κ1) is 10.6. The Balaban J connectivity index is 2.39. The van der Waals surface area contributed by atoms with E-state index < -0.39 is 6.17 Å². The summed E-state index contributed by atoms with van der Waals surface area (Å²) in [6.45, 7) is 6.59. The first-order valence-electron chi connectivity index (χ1n) is 4.76. The lowest BCUT2D eigenvalue weighted by atomic mass is 10.2. The number of hydrogen-bond donors (Lipinski definition) is 2. The van der Waals surface area contributed by atoms with Crippen molar-refractivity contribution >= 4 is 6.21 Å². The molecule has 13 heavy (non-hydrogen) atoms. The maximum Gasteiger partial charge on any atom is 0.147 e. The number of alkyl halides is 1. The maximum absolute atomic E-state index is 12.7. The zero-order chi connectivity index (χ0) is 9.84. The molecule has 4 heteroatoms. The zero-order valence-electron chi connectivity index (χ0n) is 8.42. The summed E-state index contributed by atoms with van der Waals surface area (Å²) in [5.41, 5.74) is 0. The van der Waals surface area contributed by atoms with Crippen molar-refractivity contribution in [1.29, 1.82) is 0 Å². The lowest BCUT2D eigenvalue weighted by Gasteiger charge is -2.27. The SMILES string of the molecule is CC(C)N[C@@H](C)C1N=CC(F)CN1. The lowest BCUT2D eigenvalue weighted by Crippen LogP contribution is -2.51. The third-order valence-corrected chi connectivity index (χ3v) is 2.00. The largest absolute Gasteiger partial charge is 0.309 e. The summed E-state index contributed by atoms with van der Waals surface area (Å²) in [5.74, 6) is 0. The van der Waals surface area contributed by atoms with Gasteiger partial charge in [-0.15, -0.1) is 0 Å². The van der Waals surface area contributed by atoms with Crippen LogP contribution in [-0.4, -0.2) is 37.2 Å². The minimum atomic E-state index is -0.928. The molecule has 3 nitrogen and oxygen atoms in total. The molecule has 0 aromatic rings. The number of hydrogen-bond acceptors (Lipinski definition) is 3. The van der Waals surface area contributed by atoms with Crippen molar-refractivity contribution in [2.24, 2.45) is 4.99 Å². The van der Waals surface area contributed by atoms with Gasteiger partial charge in [0.15, 0.2) is 0 Å². The van der Waals surface area contributed by atoms with E-state index in [0.29, 0.717) is 12.6 Å². The van der Waals surface area contributed by atoms with Crippen LogP contribution in [0.4, 0.5) is 4.39 Å². The van der Waals surface area contributed by atoms with Gasteiger partial charge < -0.3 is 5.32 Å². The molecule has 3 atom stereocenters. The van der Waals surface area contributed by atoms with Gasteiger partial charge in [-0.3, -0.25) is 10.3 Å². The normalized spacial score (nSPS) is 30.8. The van der Waals surface area contributed by atoms with Crippen LogP contribution in [0, 0.1) is 0 Å². The summed E-state index contributed by atoms with van der Waals surface area (Å²) in [6.07, 6.45) is 0.469. The molecule has 1 heterocycles. The van der Waals surface area contributed by atoms with E-state index in [2.05, 4.69) is 29.5 Å². The first-order valence-corrected chi connectivity index (χ1v) is 4.76. The molecule has 0 aromatic heterocycles. The minimum absolute atomic E-state index is 0.00870. The molecule has 2 unspecified atom stereocenters. The fraction of sp³-hybridized carbons (Fsp3) is 0.889. The number of halogens is 1. The Bertz CT molecular complexity index is 182. The number of aliphatic imine (C=N–C) groups is 1. The lowest BCUT2D eigenvalue weighted by molar-refractivity contribution is 0.319. The van der Waals surface area contributed by atoms with Gasteiger partial charge in [0.1, 0.15) is 12.3 Å². The van der Waals surface area contributed by atoms with Gasteiger partial charge in [0, 0.05) is 24.8 Å². The van der Waals surface area contributed by atoms with Crippen molar-refractivity contribution in [3.8, 4) is 0 Å². The van der Waals surface area contributed by atoms with Crippen LogP contribution in [-0.2, 0) is 0 Å². The van der Waals surface area contributed by atoms with Crippen LogP contribution in [0.2, 0.25) is 0 Å². The summed E-state index contributed by atoms with van der Waals surface area (Å²) in [5, 5.41) is 6.37. The van der Waals surface area contributed by atoms with Crippen molar-refractivity contribution in [2.45, 2.75) is 45.2 Å². The fourth-order valence-electron chi connectivity index (χ4n) is 1.45. The molecule has 0 radical (unpaired) electrons. The van der Waals surface area contributed by atoms with E-state index in [4.69, 9.17) is 0 Å². The van der Waals surface area contributed by atoms with Crippen molar-refractivity contribution in [1.82, 2.24) is 10.6 Å². The predicted molar refractivity (Wildman–Crippen MR) is 52.9 cm³/mol. The van der Waals surface area contributed by atoms with Gasteiger partial charge in [-0.2, -0.15) is 0 Å². The highest BCUT2D eigenvalue weighted by Crippen LogP contribution is 2.02. The predicted octanol–water partition coefficient (Wildman–Crippen LogP) is 0.711. The maximum atomic E-state index is 12.7. The molecule has 0 spiro atoms. The van der Waals surface area contributed by atoms with E-state index in [1.54, 1.807) is 0 Å². The van der Waals surface area contributed by atoms with Crippen molar-refractivity contribution in [3.05, 3.63) is 0 Å². The van der Waals surface area contributed by atoms with Gasteiger partial charge in [-0.05, 0) is 6.92 Å². The molecule has 2 N–H and O–H groups in total. The van der Waals surface area contributed by atoms with Crippen LogP contribution in [0.5, 0.6) is 0 Å². The van der Waals surface area contributed by atoms with Gasteiger partial charge in [-0.25, -0.2) is 4.39 Å². The monoisotopic (exact) mass is 187 g/mol. The molecule has 0 amide bonds. The Labute approximate surface area is 78.8 Å². The van der Waals surface area contributed by atoms with Gasteiger partial charge in [0.25, 0.3) is 0 Å². The van der Waals surface area contributed by atoms with Gasteiger partial charge in [0.05, 0.1) is 0 Å². The molecular weight excluding hydrogens is 169 g/mol. The standard InChI is InChI=1S/C9H18FN3/c1-6(2)13-7(3)9-11-4-8(10)5-12-9/h4,6-9,12-13H,5H2,1-3H3/t7-,8?,9?/m0/s1. The Kier molecular flexibility index (Phi) is 3.81. The second-order valence-corrected chi connectivity index (χ2v) is 3.78. The quantitative estimate of drug-likeness (QED) is 0.682. The average Bonchev–Trinajstić information content (AvgIpc) is 2.04. The van der Waals surface area contributed by atoms with Crippen LogP contribution in [0.3, 0.4) is 0 Å². The molecule has 0 fully saturated rings. The summed E-state index contributed by atoms with van der Waals surface area (Å²) >= 11 is 0. The Morgan fingerprint density at radius 1 is 1.54 bits per heavy atom. The van der Waals surface area contributed by atoms with Crippen LogP contribution < -0.4 is 10.6 Å². The van der Waals surface area contributed by atoms with E-state index in [1.165, 1.54) is 6.21 Å². The molecular formula is C9H18FN3. The van der Waals surface area contributed by atoms with Crippen LogP contribution in [0.1, 0.15) is 20.8 Å². The fourth-order valence-corrected chi connectivity index (χ4v) is 1.45. The topological polar surface area (TPSA) is 36.4 Å². The van der Waals surface area contributed by atoms with E-state index in [1.807, 2.05) is 6.92 Å². The van der Waals surface area contributed by atoms with Crippen LogP contribution in [0.15, 0.2) is 4.99 Å². The van der Waals surface area contributed by atoms with E-state index in [-0.39, 0.29) is 12.2 Å². The smallest absolute Gasteiger partial charge is 0.147 e. The van der Waals surface area contributed by atoms with Crippen LogP contribution >= 0.6 is 0 Å². The number of rotatable bonds is 3. The minimum Gasteiger partial charge on any atom is -0.309 e. The summed E-state index contributed by atoms with van der Waals surface area (Å²) in [4.78, 5) is 4.09. The van der Waals surface area contributed by atoms with Crippen molar-refractivity contribution in [3.63, 3.8) is 0 Å². The van der Waals surface area contributed by atoms with Crippen LogP contribution in [0.25, 0.3) is 0 Å². The highest BCUT2D eigenvalue weighted by atomic mass is 19.1. The number of nitrogens with zero attached hydrogens (tertiary/aromatic N) is 1. The third kappa shape index (κ3) is 3.40. The van der Waals surface area contributed by atoms with E-state index in [9.17, 15) is 4.39 Å². The summed E-state index contributed by atoms with van der Waals surface area (Å²) in [7, 11) is 0. The highest BCUT2D eigenvalue weighted by Gasteiger charge is 2.20. The molecule has 1 aliphatic rings. The van der Waals surface area contributed by atoms with Gasteiger partial charge in [0.2, 0.25) is 0 Å². The number of nitrogens with one attached hydrogen (secondary N) is 2. The Morgan fingerprint density at radius 2 is 2.23 bits per heavy atom. The molecule has 0 saturated carbocycles. The highest BCUT2D eigenvalue weighted by molar-refractivity contribution is 5.64. The molecule has 1 aliphatic heterocycles. The zero-order valence-corrected chi connectivity index (χ0v) is 8.42. The molecule has 0 bridgehead atoms. The summed E-state index contributed by atoms with van der Waals surface area (Å²) < 4.78 is 12.7. The van der Waals surface area contributed by atoms with Crippen molar-refractivity contribution in [2.75, 3.05) is 6.54 Å². The molecule has 0 aliphatic carbocycles. The average molecular weight is 187 g/mol. The van der Waals surface area contributed by atoms with E-state index in [0.717, 1.165) is 0 Å². The third-order valence-electron chi connectivity index (χ3n) is 2.00. The van der Waals surface area contributed by atoms with Gasteiger partial charge in [-0.1, -0.05) is 13.8 Å². The van der Waals surface area contributed by atoms with Gasteiger partial charge >= 0.3 is 0 Å². The van der Waals surface area contributed by atoms with E-state index >= 15 is 0 Å². The Morgan fingerprint density at radius 3 is 2.69 bits per heavy atom. The molecule has 1 rings (SSSR count). The second-order valence-electron chi connectivity index (χ2n) is 3.78.